The molecule has 0 radical (unpaired) electrons. The van der Waals surface area contributed by atoms with E-state index in [4.69, 9.17) is 5.73 Å². The minimum absolute atomic E-state index is 0.0914. The third-order valence-electron chi connectivity index (χ3n) is 6.92. The van der Waals surface area contributed by atoms with E-state index in [0.717, 1.165) is 49.6 Å². The first-order valence-electron chi connectivity index (χ1n) is 10.8. The number of imidazole rings is 1. The number of benzene rings is 1. The minimum atomic E-state index is -0.137. The molecule has 1 aromatic carbocycles. The third kappa shape index (κ3) is 3.54. The van der Waals surface area contributed by atoms with Crippen molar-refractivity contribution in [1.29, 1.82) is 0 Å². The standard InChI is InChI=1S/C24H28N6O/c1-29-16-26-14-19(29)7-6-18-13-27-23(21(15-31)28-18)30-10-8-24(9-11-30)12-17-4-2-3-5-20(17)22(24)25/h2-7,13-14,16,22,31H,8-12,15,25H2,1H3/b7-6-/t22-/m1/s1. The molecule has 3 heterocycles. The maximum atomic E-state index is 9.95. The van der Waals surface area contributed by atoms with Crippen molar-refractivity contribution in [2.45, 2.75) is 31.9 Å². The van der Waals surface area contributed by atoms with Gasteiger partial charge in [0.1, 0.15) is 5.69 Å². The van der Waals surface area contributed by atoms with Crippen molar-refractivity contribution in [3.63, 3.8) is 0 Å². The van der Waals surface area contributed by atoms with Crippen LogP contribution in [0.4, 0.5) is 5.82 Å². The normalized spacial score (nSPS) is 20.0. The number of nitrogens with zero attached hydrogens (tertiary/aromatic N) is 5. The first-order valence-corrected chi connectivity index (χ1v) is 10.8. The number of fused-ring (bicyclic) bond motifs is 1. The number of anilines is 1. The molecule has 2 aromatic heterocycles. The second kappa shape index (κ2) is 7.90. The Hall–Kier alpha value is -3.03. The molecule has 1 atom stereocenters. The SMILES string of the molecule is Cn1cncc1/C=C\c1cnc(N2CCC3(CC2)Cc2ccccc2[C@H]3N)c(CO)n1. The molecule has 0 amide bonds. The van der Waals surface area contributed by atoms with E-state index in [-0.39, 0.29) is 18.1 Å². The summed E-state index contributed by atoms with van der Waals surface area (Å²) < 4.78 is 1.93. The number of aromatic nitrogens is 4. The van der Waals surface area contributed by atoms with Crippen molar-refractivity contribution in [2.75, 3.05) is 18.0 Å². The fourth-order valence-electron chi connectivity index (χ4n) is 5.06. The Morgan fingerprint density at radius 3 is 2.71 bits per heavy atom. The fraction of sp³-hybridized carbons (Fsp3) is 0.375. The second-order valence-electron chi connectivity index (χ2n) is 8.69. The van der Waals surface area contributed by atoms with E-state index in [1.54, 1.807) is 18.7 Å². The highest BCUT2D eigenvalue weighted by molar-refractivity contribution is 5.66. The van der Waals surface area contributed by atoms with Crippen LogP contribution in [0.5, 0.6) is 0 Å². The molecule has 3 aromatic rings. The molecule has 1 saturated heterocycles. The van der Waals surface area contributed by atoms with Gasteiger partial charge in [0.2, 0.25) is 0 Å². The van der Waals surface area contributed by atoms with Gasteiger partial charge in [-0.3, -0.25) is 0 Å². The maximum absolute atomic E-state index is 9.95. The molecule has 31 heavy (non-hydrogen) atoms. The van der Waals surface area contributed by atoms with Crippen LogP contribution in [-0.2, 0) is 20.1 Å². The molecule has 3 N–H and O–H groups in total. The van der Waals surface area contributed by atoms with Crippen molar-refractivity contribution in [3.05, 3.63) is 71.2 Å². The quantitative estimate of drug-likeness (QED) is 0.679. The smallest absolute Gasteiger partial charge is 0.152 e. The third-order valence-corrected chi connectivity index (χ3v) is 6.92. The summed E-state index contributed by atoms with van der Waals surface area (Å²) in [5.74, 6) is 0.777. The van der Waals surface area contributed by atoms with Crippen molar-refractivity contribution in [1.82, 2.24) is 19.5 Å². The number of hydrogen-bond acceptors (Lipinski definition) is 6. The first kappa shape index (κ1) is 19.9. The average molecular weight is 417 g/mol. The molecule has 7 heteroatoms. The second-order valence-corrected chi connectivity index (χ2v) is 8.69. The molecule has 1 aliphatic heterocycles. The number of aryl methyl sites for hydroxylation is 1. The summed E-state index contributed by atoms with van der Waals surface area (Å²) in [6.45, 7) is 1.60. The van der Waals surface area contributed by atoms with Crippen LogP contribution in [0, 0.1) is 5.41 Å². The van der Waals surface area contributed by atoms with Crippen LogP contribution in [-0.4, -0.2) is 37.7 Å². The molecule has 0 unspecified atom stereocenters. The molecule has 1 spiro atoms. The molecular weight excluding hydrogens is 388 g/mol. The zero-order valence-corrected chi connectivity index (χ0v) is 17.8. The van der Waals surface area contributed by atoms with Gasteiger partial charge in [0.05, 0.1) is 36.7 Å². The summed E-state index contributed by atoms with van der Waals surface area (Å²) in [6.07, 6.45) is 12.2. The van der Waals surface area contributed by atoms with Gasteiger partial charge in [-0.1, -0.05) is 24.3 Å². The maximum Gasteiger partial charge on any atom is 0.152 e. The number of hydrogen-bond donors (Lipinski definition) is 2. The summed E-state index contributed by atoms with van der Waals surface area (Å²) in [5, 5.41) is 9.95. The first-order chi connectivity index (χ1) is 15.1. The molecule has 160 valence electrons. The van der Waals surface area contributed by atoms with Gasteiger partial charge >= 0.3 is 0 Å². The van der Waals surface area contributed by atoms with Gasteiger partial charge in [0.15, 0.2) is 5.82 Å². The van der Waals surface area contributed by atoms with Crippen LogP contribution in [0.15, 0.2) is 43.0 Å². The summed E-state index contributed by atoms with van der Waals surface area (Å²) in [4.78, 5) is 15.7. The van der Waals surface area contributed by atoms with Crippen LogP contribution in [0.3, 0.4) is 0 Å². The molecule has 2 aliphatic rings. The van der Waals surface area contributed by atoms with Gasteiger partial charge in [0, 0.05) is 26.2 Å². The van der Waals surface area contributed by atoms with Crippen LogP contribution in [0.1, 0.15) is 47.1 Å². The number of piperidine rings is 1. The van der Waals surface area contributed by atoms with E-state index in [1.165, 1.54) is 11.1 Å². The Kier molecular flexibility index (Phi) is 5.08. The molecule has 0 bridgehead atoms. The lowest BCUT2D eigenvalue weighted by molar-refractivity contribution is 0.186. The van der Waals surface area contributed by atoms with Gasteiger partial charge in [-0.15, -0.1) is 0 Å². The Morgan fingerprint density at radius 2 is 2.00 bits per heavy atom. The van der Waals surface area contributed by atoms with E-state index in [9.17, 15) is 5.11 Å². The van der Waals surface area contributed by atoms with Gasteiger partial charge in [-0.05, 0) is 48.0 Å². The molecule has 1 fully saturated rings. The van der Waals surface area contributed by atoms with Gasteiger partial charge in [-0.25, -0.2) is 15.0 Å². The van der Waals surface area contributed by atoms with Gasteiger partial charge in [-0.2, -0.15) is 0 Å². The Balaban J connectivity index is 1.31. The van der Waals surface area contributed by atoms with Crippen LogP contribution in [0.2, 0.25) is 0 Å². The van der Waals surface area contributed by atoms with E-state index < -0.39 is 0 Å². The Morgan fingerprint density at radius 1 is 1.19 bits per heavy atom. The number of nitrogens with two attached hydrogens (primary N) is 1. The highest BCUT2D eigenvalue weighted by atomic mass is 16.3. The van der Waals surface area contributed by atoms with Crippen molar-refractivity contribution in [2.24, 2.45) is 18.2 Å². The van der Waals surface area contributed by atoms with Crippen molar-refractivity contribution >= 4 is 18.0 Å². The summed E-state index contributed by atoms with van der Waals surface area (Å²) in [5.41, 5.74) is 11.8. The monoisotopic (exact) mass is 416 g/mol. The van der Waals surface area contributed by atoms with E-state index in [0.29, 0.717) is 5.69 Å². The minimum Gasteiger partial charge on any atom is -0.390 e. The van der Waals surface area contributed by atoms with Crippen molar-refractivity contribution in [3.8, 4) is 0 Å². The lowest BCUT2D eigenvalue weighted by atomic mass is 9.73. The van der Waals surface area contributed by atoms with Crippen LogP contribution >= 0.6 is 0 Å². The van der Waals surface area contributed by atoms with Crippen LogP contribution in [0.25, 0.3) is 12.2 Å². The lowest BCUT2D eigenvalue weighted by Gasteiger charge is -2.42. The predicted octanol–water partition coefficient (Wildman–Crippen LogP) is 2.72. The fourth-order valence-corrected chi connectivity index (χ4v) is 5.06. The van der Waals surface area contributed by atoms with Gasteiger partial charge < -0.3 is 20.3 Å². The van der Waals surface area contributed by atoms with E-state index in [2.05, 4.69) is 44.1 Å². The molecule has 7 nitrogen and oxygen atoms in total. The summed E-state index contributed by atoms with van der Waals surface area (Å²) in [6, 6.07) is 8.67. The zero-order chi connectivity index (χ0) is 21.4. The highest BCUT2D eigenvalue weighted by Gasteiger charge is 2.46. The number of aliphatic hydroxyl groups is 1. The summed E-state index contributed by atoms with van der Waals surface area (Å²) >= 11 is 0. The molecular formula is C24H28N6O. The lowest BCUT2D eigenvalue weighted by Crippen LogP contribution is -2.45. The van der Waals surface area contributed by atoms with Crippen molar-refractivity contribution < 1.29 is 5.11 Å². The summed E-state index contributed by atoms with van der Waals surface area (Å²) in [7, 11) is 1.94. The number of rotatable bonds is 4. The van der Waals surface area contributed by atoms with Crippen LogP contribution < -0.4 is 10.6 Å². The number of aliphatic hydroxyl groups excluding tert-OH is 1. The largest absolute Gasteiger partial charge is 0.390 e. The van der Waals surface area contributed by atoms with E-state index >= 15 is 0 Å². The Labute approximate surface area is 182 Å². The molecule has 0 saturated carbocycles. The topological polar surface area (TPSA) is 93.1 Å². The van der Waals surface area contributed by atoms with E-state index in [1.807, 2.05) is 23.8 Å². The Bertz CT molecular complexity index is 1110. The molecule has 5 rings (SSSR count). The zero-order valence-electron chi connectivity index (χ0n) is 17.8. The molecule has 1 aliphatic carbocycles. The van der Waals surface area contributed by atoms with Gasteiger partial charge in [0.25, 0.3) is 0 Å². The average Bonchev–Trinajstić information content (AvgIpc) is 3.33. The highest BCUT2D eigenvalue weighted by Crippen LogP contribution is 2.50. The predicted molar refractivity (Wildman–Crippen MR) is 121 cm³/mol.